The maximum atomic E-state index is 15.3. The fourth-order valence-electron chi connectivity index (χ4n) is 6.13. The molecule has 2 atom stereocenters. The molecule has 3 aliphatic rings. The van der Waals surface area contributed by atoms with Gasteiger partial charge in [-0.3, -0.25) is 14.3 Å². The summed E-state index contributed by atoms with van der Waals surface area (Å²) in [6.07, 6.45) is 0.295. The van der Waals surface area contributed by atoms with Gasteiger partial charge in [0.15, 0.2) is 0 Å². The highest BCUT2D eigenvalue weighted by molar-refractivity contribution is 6.00. The zero-order valence-corrected chi connectivity index (χ0v) is 25.4. The number of carbonyl (C=O) groups excluding carboxylic acids is 2. The summed E-state index contributed by atoms with van der Waals surface area (Å²) in [5.74, 6) is -2.47. The van der Waals surface area contributed by atoms with Gasteiger partial charge < -0.3 is 25.6 Å². The van der Waals surface area contributed by atoms with E-state index in [-0.39, 0.29) is 52.9 Å². The summed E-state index contributed by atoms with van der Waals surface area (Å²) in [4.78, 5) is 30.7. The quantitative estimate of drug-likeness (QED) is 0.221. The van der Waals surface area contributed by atoms with Crippen LogP contribution in [-0.2, 0) is 22.0 Å². The molecule has 1 aliphatic heterocycles. The number of hydrogen-bond donors (Lipinski definition) is 3. The number of pyridine rings is 1. The number of ether oxygens (including phenoxy) is 2. The summed E-state index contributed by atoms with van der Waals surface area (Å²) in [5, 5.41) is 20.3. The first-order valence-corrected chi connectivity index (χ1v) is 15.2. The molecule has 47 heavy (non-hydrogen) atoms. The zero-order valence-electron chi connectivity index (χ0n) is 25.4. The van der Waals surface area contributed by atoms with E-state index in [2.05, 4.69) is 15.4 Å². The Balaban J connectivity index is 1.27. The number of alkyl halides is 3. The molecular weight excluding hydrogens is 622 g/mol. The third-order valence-electron chi connectivity index (χ3n) is 9.38. The van der Waals surface area contributed by atoms with Crippen LogP contribution < -0.4 is 20.5 Å². The molecule has 4 N–H and O–H groups in total. The summed E-state index contributed by atoms with van der Waals surface area (Å²) in [5.41, 5.74) is 1.91. The maximum Gasteiger partial charge on any atom is 0.416 e. The van der Waals surface area contributed by atoms with Crippen molar-refractivity contribution in [2.75, 3.05) is 20.3 Å². The molecule has 0 unspecified atom stereocenters. The Morgan fingerprint density at radius 1 is 1.17 bits per heavy atom. The summed E-state index contributed by atoms with van der Waals surface area (Å²) < 4.78 is 68.4. The number of aromatic nitrogens is 3. The number of fused-ring (bicyclic) bond motifs is 2. The summed E-state index contributed by atoms with van der Waals surface area (Å²) in [6.45, 7) is 0.982. The van der Waals surface area contributed by atoms with Crippen molar-refractivity contribution in [3.8, 4) is 22.8 Å². The Morgan fingerprint density at radius 3 is 2.53 bits per heavy atom. The zero-order chi connectivity index (χ0) is 33.5. The highest BCUT2D eigenvalue weighted by Crippen LogP contribution is 2.50. The molecule has 2 fully saturated rings. The fraction of sp³-hybridized carbons (Fsp3) is 0.394. The van der Waals surface area contributed by atoms with Crippen LogP contribution in [-0.4, -0.2) is 51.9 Å². The van der Waals surface area contributed by atoms with Crippen LogP contribution in [0.2, 0.25) is 0 Å². The van der Waals surface area contributed by atoms with Gasteiger partial charge in [-0.2, -0.15) is 18.3 Å². The lowest BCUT2D eigenvalue weighted by atomic mass is 9.81. The van der Waals surface area contributed by atoms with E-state index in [0.717, 1.165) is 18.9 Å². The normalized spacial score (nSPS) is 20.4. The highest BCUT2D eigenvalue weighted by atomic mass is 19.4. The Kier molecular flexibility index (Phi) is 7.01. The second kappa shape index (κ2) is 10.7. The van der Waals surface area contributed by atoms with Crippen molar-refractivity contribution in [2.45, 2.75) is 55.8 Å². The molecule has 2 aromatic heterocycles. The molecule has 7 rings (SSSR count). The molecule has 4 aromatic rings. The average Bonchev–Trinajstić information content (AvgIpc) is 3.98. The number of methoxy groups -OCH3 is 1. The van der Waals surface area contributed by atoms with Crippen molar-refractivity contribution >= 4 is 22.7 Å². The van der Waals surface area contributed by atoms with E-state index in [1.807, 2.05) is 10.9 Å². The third kappa shape index (κ3) is 5.24. The van der Waals surface area contributed by atoms with E-state index in [0.29, 0.717) is 47.7 Å². The van der Waals surface area contributed by atoms with Crippen molar-refractivity contribution in [3.63, 3.8) is 0 Å². The molecule has 0 spiro atoms. The molecule has 3 heterocycles. The third-order valence-corrected chi connectivity index (χ3v) is 9.38. The molecule has 2 aliphatic carbocycles. The molecule has 2 amide bonds. The monoisotopic (exact) mass is 653 g/mol. The lowest BCUT2D eigenvalue weighted by molar-refractivity contribution is -0.137. The number of nitrogens with one attached hydrogen (secondary N) is 1. The largest absolute Gasteiger partial charge is 0.494 e. The number of halogens is 4. The van der Waals surface area contributed by atoms with Crippen LogP contribution in [0, 0.1) is 11.7 Å². The lowest BCUT2D eigenvalue weighted by Gasteiger charge is -2.30. The predicted molar refractivity (Wildman–Crippen MR) is 160 cm³/mol. The van der Waals surface area contributed by atoms with Gasteiger partial charge in [0.1, 0.15) is 46.1 Å². The lowest BCUT2D eigenvalue weighted by Crippen LogP contribution is -2.44. The van der Waals surface area contributed by atoms with Crippen molar-refractivity contribution in [2.24, 2.45) is 11.7 Å². The number of nitrogens with zero attached hydrogens (tertiary/aromatic N) is 3. The first kappa shape index (κ1) is 30.9. The molecule has 2 saturated carbocycles. The van der Waals surface area contributed by atoms with E-state index < -0.39 is 40.4 Å². The molecule has 10 nitrogen and oxygen atoms in total. The molecule has 246 valence electrons. The number of carbonyl (C=O) groups is 2. The van der Waals surface area contributed by atoms with Crippen LogP contribution in [0.1, 0.15) is 65.8 Å². The van der Waals surface area contributed by atoms with E-state index in [4.69, 9.17) is 15.2 Å². The Labute approximate surface area is 265 Å². The van der Waals surface area contributed by atoms with Gasteiger partial charge in [-0.1, -0.05) is 0 Å². The van der Waals surface area contributed by atoms with Gasteiger partial charge in [-0.15, -0.1) is 0 Å². The number of aliphatic hydroxyl groups is 1. The van der Waals surface area contributed by atoms with Gasteiger partial charge in [0.2, 0.25) is 5.91 Å². The van der Waals surface area contributed by atoms with Crippen LogP contribution in [0.4, 0.5) is 17.6 Å². The van der Waals surface area contributed by atoms with E-state index >= 15 is 4.39 Å². The highest BCUT2D eigenvalue weighted by Gasteiger charge is 2.50. The minimum atomic E-state index is -4.78. The Hall–Kier alpha value is -4.72. The van der Waals surface area contributed by atoms with E-state index in [1.165, 1.54) is 20.1 Å². The standard InChI is InChI=1S/C33H31F4N5O5/c1-31(30(38)44)15-47-28-22(31)12-25(40-27(28)21-8-5-19(11-23(21)34)33(35,36)37)32(45,18-3-4-18)14-39-29(43)16-9-17-13-42(20-6-7-20)41-26(17)24(10-16)46-2/h5,8-13,18,20,45H,3-4,6-7,14-15H2,1-2H3,(H2,38,44)(H,39,43)/t31-,32+/m0/s1. The summed E-state index contributed by atoms with van der Waals surface area (Å²) >= 11 is 0. The van der Waals surface area contributed by atoms with Gasteiger partial charge in [-0.25, -0.2) is 9.37 Å². The topological polar surface area (TPSA) is 142 Å². The van der Waals surface area contributed by atoms with Gasteiger partial charge in [0, 0.05) is 28.3 Å². The maximum absolute atomic E-state index is 15.3. The molecule has 2 aromatic carbocycles. The minimum Gasteiger partial charge on any atom is -0.494 e. The first-order chi connectivity index (χ1) is 22.2. The smallest absolute Gasteiger partial charge is 0.416 e. The summed E-state index contributed by atoms with van der Waals surface area (Å²) in [6, 6.07) is 7.02. The van der Waals surface area contributed by atoms with Gasteiger partial charge in [0.25, 0.3) is 5.91 Å². The second-order valence-corrected chi connectivity index (χ2v) is 12.7. The summed E-state index contributed by atoms with van der Waals surface area (Å²) in [7, 11) is 1.48. The fourth-order valence-corrected chi connectivity index (χ4v) is 6.13. The molecule has 0 saturated heterocycles. The number of nitrogens with two attached hydrogens (primary N) is 1. The SMILES string of the molecule is COc1cc(C(=O)NC[C@](O)(c2cc3c(c(-c4ccc(C(F)(F)F)cc4F)n2)OC[C@]3(C)C(N)=O)C2CC2)cc2cn(C3CC3)nc12. The van der Waals surface area contributed by atoms with E-state index in [1.54, 1.807) is 12.1 Å². The van der Waals surface area contributed by atoms with Gasteiger partial charge >= 0.3 is 6.18 Å². The first-order valence-electron chi connectivity index (χ1n) is 15.2. The van der Waals surface area contributed by atoms with Crippen molar-refractivity contribution < 1.29 is 41.7 Å². The number of amides is 2. The van der Waals surface area contributed by atoms with Crippen LogP contribution in [0.25, 0.3) is 22.2 Å². The number of benzene rings is 2. The molecular formula is C33H31F4N5O5. The number of hydrogen-bond acceptors (Lipinski definition) is 7. The van der Waals surface area contributed by atoms with Gasteiger partial charge in [0.05, 0.1) is 31.0 Å². The predicted octanol–water partition coefficient (Wildman–Crippen LogP) is 4.76. The van der Waals surface area contributed by atoms with Crippen molar-refractivity contribution in [1.82, 2.24) is 20.1 Å². The second-order valence-electron chi connectivity index (χ2n) is 12.7. The number of primary amides is 1. The van der Waals surface area contributed by atoms with Crippen molar-refractivity contribution in [1.29, 1.82) is 0 Å². The molecule has 0 bridgehead atoms. The minimum absolute atomic E-state index is 0.00920. The van der Waals surface area contributed by atoms with Crippen molar-refractivity contribution in [3.05, 3.63) is 70.8 Å². The Bertz CT molecular complexity index is 1950. The molecule has 0 radical (unpaired) electrons. The van der Waals surface area contributed by atoms with Crippen LogP contribution >= 0.6 is 0 Å². The van der Waals surface area contributed by atoms with Gasteiger partial charge in [-0.05, 0) is 74.9 Å². The van der Waals surface area contributed by atoms with Crippen LogP contribution in [0.15, 0.2) is 42.6 Å². The molecule has 14 heteroatoms. The average molecular weight is 654 g/mol. The van der Waals surface area contributed by atoms with Crippen LogP contribution in [0.5, 0.6) is 11.5 Å². The number of rotatable bonds is 9. The van der Waals surface area contributed by atoms with Crippen LogP contribution in [0.3, 0.4) is 0 Å². The Morgan fingerprint density at radius 2 is 1.91 bits per heavy atom. The van der Waals surface area contributed by atoms with E-state index in [9.17, 15) is 27.9 Å².